The Balaban J connectivity index is 1.58. The predicted molar refractivity (Wildman–Crippen MR) is 108 cm³/mol. The van der Waals surface area contributed by atoms with Crippen LogP contribution in [0.4, 0.5) is 4.39 Å². The highest BCUT2D eigenvalue weighted by atomic mass is 19.1. The van der Waals surface area contributed by atoms with E-state index in [-0.39, 0.29) is 18.5 Å². The van der Waals surface area contributed by atoms with E-state index in [0.717, 1.165) is 48.4 Å². The van der Waals surface area contributed by atoms with Crippen molar-refractivity contribution in [3.05, 3.63) is 65.0 Å². The number of ether oxygens (including phenoxy) is 2. The molecule has 0 aromatic heterocycles. The van der Waals surface area contributed by atoms with E-state index >= 15 is 0 Å². The quantitative estimate of drug-likeness (QED) is 0.709. The van der Waals surface area contributed by atoms with Gasteiger partial charge in [0.15, 0.2) is 0 Å². The maximum Gasteiger partial charge on any atom is 0.123 e. The Labute approximate surface area is 166 Å². The largest absolute Gasteiger partial charge is 0.491 e. The first-order chi connectivity index (χ1) is 13.5. The molecule has 0 amide bonds. The van der Waals surface area contributed by atoms with Crippen molar-refractivity contribution in [1.82, 2.24) is 4.90 Å². The summed E-state index contributed by atoms with van der Waals surface area (Å²) in [6.07, 6.45) is 1.61. The van der Waals surface area contributed by atoms with Gasteiger partial charge >= 0.3 is 0 Å². The summed E-state index contributed by atoms with van der Waals surface area (Å²) in [5, 5.41) is 10.5. The molecule has 2 aromatic rings. The lowest BCUT2D eigenvalue weighted by molar-refractivity contribution is 0.0313. The van der Waals surface area contributed by atoms with Gasteiger partial charge in [0.2, 0.25) is 0 Å². The van der Waals surface area contributed by atoms with E-state index in [2.05, 4.69) is 11.0 Å². The minimum absolute atomic E-state index is 0.168. The molecule has 0 saturated carbocycles. The second kappa shape index (κ2) is 10.0. The molecule has 4 nitrogen and oxygen atoms in total. The molecule has 2 aromatic carbocycles. The van der Waals surface area contributed by atoms with Gasteiger partial charge in [-0.1, -0.05) is 18.2 Å². The summed E-state index contributed by atoms with van der Waals surface area (Å²) < 4.78 is 25.1. The van der Waals surface area contributed by atoms with Gasteiger partial charge in [-0.05, 0) is 67.6 Å². The summed E-state index contributed by atoms with van der Waals surface area (Å²) in [4.78, 5) is 2.13. The van der Waals surface area contributed by atoms with Crippen molar-refractivity contribution >= 4 is 0 Å². The minimum atomic E-state index is -0.643. The molecule has 0 aliphatic carbocycles. The zero-order valence-corrected chi connectivity index (χ0v) is 16.7. The predicted octanol–water partition coefficient (Wildman–Crippen LogP) is 3.86. The first-order valence-corrected chi connectivity index (χ1v) is 9.95. The SMILES string of the molecule is Cc1cc(C)cc(OCC(O)CN(Cc2cccc(F)c2)CC2CCCO2)c1. The second-order valence-corrected chi connectivity index (χ2v) is 7.75. The highest BCUT2D eigenvalue weighted by molar-refractivity contribution is 5.33. The van der Waals surface area contributed by atoms with Crippen molar-refractivity contribution < 1.29 is 19.0 Å². The Morgan fingerprint density at radius 3 is 2.68 bits per heavy atom. The van der Waals surface area contributed by atoms with Crippen LogP contribution < -0.4 is 4.74 Å². The van der Waals surface area contributed by atoms with E-state index in [4.69, 9.17) is 9.47 Å². The van der Waals surface area contributed by atoms with Crippen LogP contribution in [0.3, 0.4) is 0 Å². The maximum absolute atomic E-state index is 13.5. The fourth-order valence-electron chi connectivity index (χ4n) is 3.73. The number of aryl methyl sites for hydroxylation is 2. The van der Waals surface area contributed by atoms with Gasteiger partial charge in [-0.3, -0.25) is 4.90 Å². The van der Waals surface area contributed by atoms with Crippen molar-refractivity contribution in [2.45, 2.75) is 45.4 Å². The van der Waals surface area contributed by atoms with Crippen molar-refractivity contribution in [3.8, 4) is 5.75 Å². The van der Waals surface area contributed by atoms with Crippen LogP contribution in [0, 0.1) is 19.7 Å². The van der Waals surface area contributed by atoms with E-state index in [1.54, 1.807) is 12.1 Å². The molecule has 0 radical (unpaired) electrons. The third-order valence-electron chi connectivity index (χ3n) is 4.89. The maximum atomic E-state index is 13.5. The van der Waals surface area contributed by atoms with Crippen molar-refractivity contribution in [3.63, 3.8) is 0 Å². The number of hydrogen-bond donors (Lipinski definition) is 1. The normalized spacial score (nSPS) is 17.8. The number of halogens is 1. The zero-order chi connectivity index (χ0) is 19.9. The van der Waals surface area contributed by atoms with Gasteiger partial charge in [-0.2, -0.15) is 0 Å². The molecule has 0 bridgehead atoms. The molecule has 1 fully saturated rings. The highest BCUT2D eigenvalue weighted by Crippen LogP contribution is 2.18. The molecule has 1 saturated heterocycles. The summed E-state index contributed by atoms with van der Waals surface area (Å²) in [6.45, 7) is 6.79. The molecule has 28 heavy (non-hydrogen) atoms. The molecule has 0 spiro atoms. The van der Waals surface area contributed by atoms with Gasteiger partial charge in [-0.25, -0.2) is 4.39 Å². The molecule has 152 valence electrons. The lowest BCUT2D eigenvalue weighted by Gasteiger charge is -2.27. The molecule has 5 heteroatoms. The van der Waals surface area contributed by atoms with E-state index < -0.39 is 6.10 Å². The number of rotatable bonds is 9. The number of hydrogen-bond acceptors (Lipinski definition) is 4. The smallest absolute Gasteiger partial charge is 0.123 e. The van der Waals surface area contributed by atoms with E-state index in [1.165, 1.54) is 6.07 Å². The fourth-order valence-corrected chi connectivity index (χ4v) is 3.73. The van der Waals surface area contributed by atoms with Crippen molar-refractivity contribution in [2.75, 3.05) is 26.3 Å². The Kier molecular flexibility index (Phi) is 7.43. The third kappa shape index (κ3) is 6.59. The van der Waals surface area contributed by atoms with Crippen molar-refractivity contribution in [1.29, 1.82) is 0 Å². The first-order valence-electron chi connectivity index (χ1n) is 9.95. The summed E-state index contributed by atoms with van der Waals surface area (Å²) >= 11 is 0. The second-order valence-electron chi connectivity index (χ2n) is 7.75. The summed E-state index contributed by atoms with van der Waals surface area (Å²) in [7, 11) is 0. The van der Waals surface area contributed by atoms with Gasteiger partial charge in [0.25, 0.3) is 0 Å². The molecule has 1 aliphatic rings. The average Bonchev–Trinajstić information content (AvgIpc) is 3.12. The van der Waals surface area contributed by atoms with Gasteiger partial charge in [0.1, 0.15) is 24.3 Å². The standard InChI is InChI=1S/C23H30FNO3/c1-17-9-18(2)11-23(10-17)28-16-21(26)14-25(15-22-7-4-8-27-22)13-19-5-3-6-20(24)12-19/h3,5-6,9-12,21-22,26H,4,7-8,13-16H2,1-2H3. The van der Waals surface area contributed by atoms with Crippen LogP contribution >= 0.6 is 0 Å². The average molecular weight is 387 g/mol. The lowest BCUT2D eigenvalue weighted by Crippen LogP contribution is -2.39. The van der Waals surface area contributed by atoms with E-state index in [0.29, 0.717) is 13.1 Å². The van der Waals surface area contributed by atoms with Gasteiger partial charge < -0.3 is 14.6 Å². The van der Waals surface area contributed by atoms with Crippen LogP contribution in [0.2, 0.25) is 0 Å². The minimum Gasteiger partial charge on any atom is -0.491 e. The van der Waals surface area contributed by atoms with Crippen LogP contribution in [-0.2, 0) is 11.3 Å². The van der Waals surface area contributed by atoms with E-state index in [1.807, 2.05) is 32.0 Å². The lowest BCUT2D eigenvalue weighted by atomic mass is 10.1. The van der Waals surface area contributed by atoms with E-state index in [9.17, 15) is 9.50 Å². The Morgan fingerprint density at radius 1 is 1.21 bits per heavy atom. The number of aliphatic hydroxyl groups excluding tert-OH is 1. The molecular weight excluding hydrogens is 357 g/mol. The zero-order valence-electron chi connectivity index (χ0n) is 16.7. The monoisotopic (exact) mass is 387 g/mol. The number of aliphatic hydroxyl groups is 1. The number of benzene rings is 2. The number of nitrogens with zero attached hydrogens (tertiary/aromatic N) is 1. The van der Waals surface area contributed by atoms with Gasteiger partial charge in [0.05, 0.1) is 6.10 Å². The molecular formula is C23H30FNO3. The van der Waals surface area contributed by atoms with Crippen molar-refractivity contribution in [2.24, 2.45) is 0 Å². The highest BCUT2D eigenvalue weighted by Gasteiger charge is 2.21. The van der Waals surface area contributed by atoms with Crippen LogP contribution in [0.15, 0.2) is 42.5 Å². The van der Waals surface area contributed by atoms with Gasteiger partial charge in [0, 0.05) is 26.2 Å². The topological polar surface area (TPSA) is 41.9 Å². The molecule has 2 atom stereocenters. The van der Waals surface area contributed by atoms with Crippen LogP contribution in [0.25, 0.3) is 0 Å². The Morgan fingerprint density at radius 2 is 2.00 bits per heavy atom. The summed E-state index contributed by atoms with van der Waals surface area (Å²) in [5.41, 5.74) is 3.16. The molecule has 1 aliphatic heterocycles. The fraction of sp³-hybridized carbons (Fsp3) is 0.478. The van der Waals surface area contributed by atoms with Crippen LogP contribution in [0.5, 0.6) is 5.75 Å². The Bertz CT molecular complexity index is 741. The molecule has 1 N–H and O–H groups in total. The van der Waals surface area contributed by atoms with Gasteiger partial charge in [-0.15, -0.1) is 0 Å². The first kappa shape index (κ1) is 20.8. The Hall–Kier alpha value is -1.95. The molecule has 1 heterocycles. The summed E-state index contributed by atoms with van der Waals surface area (Å²) in [6, 6.07) is 12.6. The van der Waals surface area contributed by atoms with Crippen LogP contribution in [0.1, 0.15) is 29.5 Å². The molecule has 3 rings (SSSR count). The molecule has 2 unspecified atom stereocenters. The summed E-state index contributed by atoms with van der Waals surface area (Å²) in [5.74, 6) is 0.528. The van der Waals surface area contributed by atoms with Crippen LogP contribution in [-0.4, -0.2) is 48.5 Å². The third-order valence-corrected chi connectivity index (χ3v) is 4.89.